The molecule has 0 saturated carbocycles. The molecule has 1 aromatic heterocycles. The largest absolute Gasteiger partial charge is 0.394 e. The van der Waals surface area contributed by atoms with E-state index in [1.54, 1.807) is 18.0 Å². The second kappa shape index (κ2) is 7.49. The smallest absolute Gasteiger partial charge is 0.126 e. The van der Waals surface area contributed by atoms with Crippen LogP contribution in [0.2, 0.25) is 0 Å². The minimum atomic E-state index is -0.625. The van der Waals surface area contributed by atoms with Gasteiger partial charge in [0.1, 0.15) is 5.82 Å². The molecule has 0 aliphatic rings. The molecule has 1 atom stereocenters. The van der Waals surface area contributed by atoms with Crippen LogP contribution in [0.25, 0.3) is 0 Å². The Labute approximate surface area is 100 Å². The Balaban J connectivity index is 2.38. The van der Waals surface area contributed by atoms with Crippen molar-refractivity contribution in [2.75, 3.05) is 24.2 Å². The zero-order chi connectivity index (χ0) is 11.8. The molecule has 1 rings (SSSR count). The van der Waals surface area contributed by atoms with Gasteiger partial charge < -0.3 is 15.5 Å². The van der Waals surface area contributed by atoms with E-state index < -0.39 is 6.10 Å². The number of aliphatic hydroxyl groups is 2. The molecule has 5 heteroatoms. The van der Waals surface area contributed by atoms with Crippen LogP contribution in [-0.2, 0) is 5.75 Å². The first-order valence-electron chi connectivity index (χ1n) is 5.31. The molecule has 0 spiro atoms. The number of thioether (sulfide) groups is 1. The molecule has 1 unspecified atom stereocenters. The third kappa shape index (κ3) is 4.83. The molecule has 0 aromatic carbocycles. The highest BCUT2D eigenvalue weighted by atomic mass is 32.2. The summed E-state index contributed by atoms with van der Waals surface area (Å²) in [4.78, 5) is 4.18. The van der Waals surface area contributed by atoms with E-state index in [-0.39, 0.29) is 6.61 Å². The van der Waals surface area contributed by atoms with Gasteiger partial charge in [-0.1, -0.05) is 0 Å². The summed E-state index contributed by atoms with van der Waals surface area (Å²) in [5.74, 6) is 2.25. The minimum Gasteiger partial charge on any atom is -0.394 e. The summed E-state index contributed by atoms with van der Waals surface area (Å²) >= 11 is 1.60. The van der Waals surface area contributed by atoms with Gasteiger partial charge in [0.25, 0.3) is 0 Å². The van der Waals surface area contributed by atoms with Crippen LogP contribution in [0.4, 0.5) is 5.82 Å². The number of aliphatic hydroxyl groups excluding tert-OH is 2. The maximum absolute atomic E-state index is 9.18. The van der Waals surface area contributed by atoms with Gasteiger partial charge in [-0.25, -0.2) is 4.98 Å². The first-order valence-corrected chi connectivity index (χ1v) is 6.47. The molecule has 3 N–H and O–H groups in total. The Morgan fingerprint density at radius 2 is 2.38 bits per heavy atom. The maximum atomic E-state index is 9.18. The fraction of sp³-hybridized carbons (Fsp3) is 0.545. The number of hydrogen-bond donors (Lipinski definition) is 3. The Morgan fingerprint density at radius 3 is 3.06 bits per heavy atom. The average Bonchev–Trinajstić information content (AvgIpc) is 2.30. The minimum absolute atomic E-state index is 0.175. The number of anilines is 1. The lowest BCUT2D eigenvalue weighted by Crippen LogP contribution is -2.14. The van der Waals surface area contributed by atoms with Gasteiger partial charge in [0, 0.05) is 24.2 Å². The molecule has 1 aromatic rings. The summed E-state index contributed by atoms with van der Waals surface area (Å²) in [5, 5.41) is 21.0. The Hall–Kier alpha value is -0.780. The topological polar surface area (TPSA) is 65.4 Å². The van der Waals surface area contributed by atoms with E-state index >= 15 is 0 Å². The van der Waals surface area contributed by atoms with Gasteiger partial charge >= 0.3 is 0 Å². The Kier molecular flexibility index (Phi) is 6.22. The fourth-order valence-corrected chi connectivity index (χ4v) is 2.12. The number of nitrogens with zero attached hydrogens (tertiary/aromatic N) is 1. The fourth-order valence-electron chi connectivity index (χ4n) is 1.21. The van der Waals surface area contributed by atoms with Crippen LogP contribution in [-0.4, -0.2) is 40.2 Å². The predicted octanol–water partition coefficient (Wildman–Crippen LogP) is 1.10. The van der Waals surface area contributed by atoms with Crippen LogP contribution in [0, 0.1) is 0 Å². The van der Waals surface area contributed by atoms with Crippen molar-refractivity contribution in [1.29, 1.82) is 0 Å². The molecule has 1 heterocycles. The zero-order valence-corrected chi connectivity index (χ0v) is 10.2. The van der Waals surface area contributed by atoms with Gasteiger partial charge in [0.05, 0.1) is 12.7 Å². The molecule has 0 saturated heterocycles. The average molecular weight is 242 g/mol. The molecule has 4 nitrogen and oxygen atoms in total. The summed E-state index contributed by atoms with van der Waals surface area (Å²) in [6, 6.07) is 3.96. The number of rotatable bonds is 7. The highest BCUT2D eigenvalue weighted by molar-refractivity contribution is 7.98. The zero-order valence-electron chi connectivity index (χ0n) is 9.39. The lowest BCUT2D eigenvalue weighted by atomic mass is 10.3. The van der Waals surface area contributed by atoms with Gasteiger partial charge in [-0.15, -0.1) is 0 Å². The van der Waals surface area contributed by atoms with Gasteiger partial charge in [-0.05, 0) is 24.6 Å². The third-order valence-corrected chi connectivity index (χ3v) is 3.13. The molecule has 0 bridgehead atoms. The predicted molar refractivity (Wildman–Crippen MR) is 67.7 cm³/mol. The molecule has 0 amide bonds. The molecule has 0 aliphatic carbocycles. The Bertz CT molecular complexity index is 310. The van der Waals surface area contributed by atoms with E-state index in [4.69, 9.17) is 5.11 Å². The van der Waals surface area contributed by atoms with E-state index in [1.807, 2.05) is 19.1 Å². The van der Waals surface area contributed by atoms with Crippen molar-refractivity contribution in [2.24, 2.45) is 0 Å². The SMILES string of the molecule is CCNc1cc(CSCC(O)CO)ccn1. The molecule has 16 heavy (non-hydrogen) atoms. The van der Waals surface area contributed by atoms with E-state index in [0.717, 1.165) is 18.1 Å². The maximum Gasteiger partial charge on any atom is 0.126 e. The second-order valence-electron chi connectivity index (χ2n) is 3.43. The van der Waals surface area contributed by atoms with E-state index in [1.165, 1.54) is 5.56 Å². The quantitative estimate of drug-likeness (QED) is 0.668. The monoisotopic (exact) mass is 242 g/mol. The van der Waals surface area contributed by atoms with Gasteiger partial charge in [-0.3, -0.25) is 0 Å². The van der Waals surface area contributed by atoms with E-state index in [9.17, 15) is 5.11 Å². The lowest BCUT2D eigenvalue weighted by molar-refractivity contribution is 0.113. The highest BCUT2D eigenvalue weighted by Crippen LogP contribution is 2.15. The van der Waals surface area contributed by atoms with Crippen molar-refractivity contribution in [3.05, 3.63) is 23.9 Å². The van der Waals surface area contributed by atoms with Crippen molar-refractivity contribution in [1.82, 2.24) is 4.98 Å². The van der Waals surface area contributed by atoms with Gasteiger partial charge in [0.2, 0.25) is 0 Å². The Morgan fingerprint density at radius 1 is 1.56 bits per heavy atom. The van der Waals surface area contributed by atoms with Crippen LogP contribution >= 0.6 is 11.8 Å². The first kappa shape index (κ1) is 13.3. The van der Waals surface area contributed by atoms with Crippen LogP contribution in [0.5, 0.6) is 0 Å². The molecule has 0 fully saturated rings. The third-order valence-electron chi connectivity index (χ3n) is 1.97. The molecule has 0 radical (unpaired) electrons. The number of aromatic nitrogens is 1. The van der Waals surface area contributed by atoms with Crippen LogP contribution in [0.1, 0.15) is 12.5 Å². The van der Waals surface area contributed by atoms with E-state index in [0.29, 0.717) is 5.75 Å². The normalized spacial score (nSPS) is 12.4. The standard InChI is InChI=1S/C11H18N2O2S/c1-2-12-11-5-9(3-4-13-11)7-16-8-10(15)6-14/h3-5,10,14-15H,2,6-8H2,1H3,(H,12,13). The summed E-state index contributed by atoms with van der Waals surface area (Å²) < 4.78 is 0. The molecule has 0 aliphatic heterocycles. The number of pyridine rings is 1. The number of nitrogens with one attached hydrogen (secondary N) is 1. The second-order valence-corrected chi connectivity index (χ2v) is 4.46. The van der Waals surface area contributed by atoms with Crippen LogP contribution in [0.3, 0.4) is 0 Å². The van der Waals surface area contributed by atoms with Crippen LogP contribution in [0.15, 0.2) is 18.3 Å². The van der Waals surface area contributed by atoms with Crippen molar-refractivity contribution >= 4 is 17.6 Å². The van der Waals surface area contributed by atoms with E-state index in [2.05, 4.69) is 10.3 Å². The summed E-state index contributed by atoms with van der Waals surface area (Å²) in [6.45, 7) is 2.71. The molecular formula is C11H18N2O2S. The van der Waals surface area contributed by atoms with Crippen LogP contribution < -0.4 is 5.32 Å². The summed E-state index contributed by atoms with van der Waals surface area (Å²) in [5.41, 5.74) is 1.17. The molecular weight excluding hydrogens is 224 g/mol. The lowest BCUT2D eigenvalue weighted by Gasteiger charge is -2.07. The highest BCUT2D eigenvalue weighted by Gasteiger charge is 2.02. The first-order chi connectivity index (χ1) is 7.76. The summed E-state index contributed by atoms with van der Waals surface area (Å²) in [6.07, 6.45) is 1.15. The van der Waals surface area contributed by atoms with Crippen molar-refractivity contribution in [3.63, 3.8) is 0 Å². The van der Waals surface area contributed by atoms with Crippen molar-refractivity contribution < 1.29 is 10.2 Å². The van der Waals surface area contributed by atoms with Gasteiger partial charge in [0.15, 0.2) is 0 Å². The van der Waals surface area contributed by atoms with Gasteiger partial charge in [-0.2, -0.15) is 11.8 Å². The van der Waals surface area contributed by atoms with Crippen molar-refractivity contribution in [2.45, 2.75) is 18.8 Å². The number of hydrogen-bond acceptors (Lipinski definition) is 5. The molecule has 90 valence electrons. The summed E-state index contributed by atoms with van der Waals surface area (Å²) in [7, 11) is 0. The van der Waals surface area contributed by atoms with Crippen molar-refractivity contribution in [3.8, 4) is 0 Å².